The molecule has 1 unspecified atom stereocenters. The van der Waals surface area contributed by atoms with Gasteiger partial charge in [-0.2, -0.15) is 0 Å². The van der Waals surface area contributed by atoms with Crippen molar-refractivity contribution < 1.29 is 90.1 Å². The predicted molar refractivity (Wildman–Crippen MR) is 275 cm³/mol. The SMILES string of the molecule is C.C.C.C.CCC(C)C(=O)OCCCOCCCOCCCOCCCOCCCOCCCOCCCOCCOCCOCCOCCOCCOCCOCCOCCOCCOCCOC. The number of carbonyl (C=O) groups is 1. The molecule has 0 N–H and O–H groups in total. The van der Waals surface area contributed by atoms with Crippen LogP contribution in [0.15, 0.2) is 0 Å². The van der Waals surface area contributed by atoms with Crippen molar-refractivity contribution in [3.63, 3.8) is 0 Å². The molecule has 0 aliphatic heterocycles. The van der Waals surface area contributed by atoms with E-state index < -0.39 is 0 Å². The summed E-state index contributed by atoms with van der Waals surface area (Å²) in [5, 5.41) is 0. The lowest BCUT2D eigenvalue weighted by Gasteiger charge is -2.09. The van der Waals surface area contributed by atoms with Crippen LogP contribution in [0.25, 0.3) is 0 Å². The van der Waals surface area contributed by atoms with Crippen molar-refractivity contribution in [3.05, 3.63) is 0 Å². The van der Waals surface area contributed by atoms with E-state index in [2.05, 4.69) is 0 Å². The third-order valence-corrected chi connectivity index (χ3v) is 8.94. The molecule has 0 heterocycles. The van der Waals surface area contributed by atoms with Gasteiger partial charge in [0.1, 0.15) is 0 Å². The standard InChI is InChI=1S/C47H94O19.4CH4/c1-4-46(2)47(48)66-25-11-24-55-21-9-20-53-17-7-16-51-13-5-12-50-14-6-15-52-18-8-19-54-22-10-23-56-28-29-58-32-33-60-36-37-62-40-41-64-44-45-65-43-42-63-39-38-61-35-34-59-31-30-57-27-26-49-3;;;;/h46H,4-45H2,1-3H3;4*1H4. The Labute approximate surface area is 427 Å². The Morgan fingerprint density at radius 2 is 0.429 bits per heavy atom. The van der Waals surface area contributed by atoms with Gasteiger partial charge in [0.05, 0.1) is 145 Å². The van der Waals surface area contributed by atoms with E-state index in [0.29, 0.717) is 225 Å². The van der Waals surface area contributed by atoms with Crippen LogP contribution in [0, 0.1) is 5.92 Å². The average molecular weight is 1030 g/mol. The molecule has 1 atom stereocenters. The number of carbonyl (C=O) groups excluding carboxylic acids is 1. The summed E-state index contributed by atoms with van der Waals surface area (Å²) in [4.78, 5) is 11.6. The minimum atomic E-state index is -0.130. The van der Waals surface area contributed by atoms with Crippen molar-refractivity contribution in [2.75, 3.05) is 232 Å². The molecular formula is C51H110O19. The van der Waals surface area contributed by atoms with Crippen LogP contribution in [0.2, 0.25) is 0 Å². The lowest BCUT2D eigenvalue weighted by molar-refractivity contribution is -0.148. The van der Waals surface area contributed by atoms with Crippen LogP contribution in [0.5, 0.6) is 0 Å². The summed E-state index contributed by atoms with van der Waals surface area (Å²) < 4.78 is 98.7. The summed E-state index contributed by atoms with van der Waals surface area (Å²) in [5.74, 6) is -0.167. The van der Waals surface area contributed by atoms with Gasteiger partial charge in [-0.05, 0) is 44.9 Å². The Balaban J connectivity index is -0.00000352. The first-order valence-corrected chi connectivity index (χ1v) is 24.6. The molecule has 0 aromatic heterocycles. The monoisotopic (exact) mass is 1030 g/mol. The van der Waals surface area contributed by atoms with Crippen molar-refractivity contribution in [3.8, 4) is 0 Å². The third kappa shape index (κ3) is 68.9. The van der Waals surface area contributed by atoms with Crippen molar-refractivity contribution in [1.82, 2.24) is 0 Å². The second-order valence-corrected chi connectivity index (χ2v) is 14.7. The average Bonchev–Trinajstić information content (AvgIpc) is 3.33. The van der Waals surface area contributed by atoms with E-state index in [9.17, 15) is 4.79 Å². The lowest BCUT2D eigenvalue weighted by Crippen LogP contribution is -2.15. The molecule has 19 heteroatoms. The maximum Gasteiger partial charge on any atom is 0.308 e. The van der Waals surface area contributed by atoms with Gasteiger partial charge < -0.3 is 85.3 Å². The van der Waals surface area contributed by atoms with Crippen LogP contribution in [0.1, 0.15) is 94.9 Å². The van der Waals surface area contributed by atoms with Gasteiger partial charge >= 0.3 is 5.97 Å². The van der Waals surface area contributed by atoms with Gasteiger partial charge in [-0.3, -0.25) is 4.79 Å². The van der Waals surface area contributed by atoms with Gasteiger partial charge in [0.25, 0.3) is 0 Å². The summed E-state index contributed by atoms with van der Waals surface area (Å²) in [6.45, 7) is 23.5. The first-order chi connectivity index (χ1) is 32.7. The van der Waals surface area contributed by atoms with Crippen LogP contribution in [0.3, 0.4) is 0 Å². The number of hydrogen-bond acceptors (Lipinski definition) is 19. The Kier molecular flexibility index (Phi) is 80.0. The number of methoxy groups -OCH3 is 1. The van der Waals surface area contributed by atoms with Crippen LogP contribution in [-0.4, -0.2) is 238 Å². The van der Waals surface area contributed by atoms with Gasteiger partial charge in [0.2, 0.25) is 0 Å². The van der Waals surface area contributed by atoms with E-state index >= 15 is 0 Å². The van der Waals surface area contributed by atoms with Crippen LogP contribution < -0.4 is 0 Å². The van der Waals surface area contributed by atoms with E-state index in [-0.39, 0.29) is 41.6 Å². The highest BCUT2D eigenvalue weighted by molar-refractivity contribution is 5.71. The van der Waals surface area contributed by atoms with Crippen LogP contribution in [0.4, 0.5) is 0 Å². The minimum Gasteiger partial charge on any atom is -0.465 e. The zero-order valence-electron chi connectivity index (χ0n) is 41.5. The van der Waals surface area contributed by atoms with Crippen molar-refractivity contribution in [2.45, 2.75) is 94.9 Å². The molecule has 0 aliphatic carbocycles. The van der Waals surface area contributed by atoms with Gasteiger partial charge in [-0.25, -0.2) is 0 Å². The highest BCUT2D eigenvalue weighted by Crippen LogP contribution is 2.03. The predicted octanol–water partition coefficient (Wildman–Crippen LogP) is 6.76. The zero-order chi connectivity index (χ0) is 47.6. The number of esters is 1. The third-order valence-electron chi connectivity index (χ3n) is 8.94. The molecule has 0 bridgehead atoms. The summed E-state index contributed by atoms with van der Waals surface area (Å²) in [6.07, 6.45) is 6.69. The van der Waals surface area contributed by atoms with E-state index in [1.54, 1.807) is 7.11 Å². The maximum absolute atomic E-state index is 11.6. The van der Waals surface area contributed by atoms with E-state index in [1.165, 1.54) is 0 Å². The van der Waals surface area contributed by atoms with Gasteiger partial charge in [0.15, 0.2) is 0 Å². The number of rotatable bonds is 60. The molecule has 0 saturated heterocycles. The molecule has 0 fully saturated rings. The Bertz CT molecular complexity index is 898. The first kappa shape index (κ1) is 77.7. The molecule has 0 saturated carbocycles. The zero-order valence-corrected chi connectivity index (χ0v) is 41.5. The highest BCUT2D eigenvalue weighted by atomic mass is 16.6. The molecule has 0 rings (SSSR count). The molecule has 0 radical (unpaired) electrons. The quantitative estimate of drug-likeness (QED) is 0.0459. The summed E-state index contributed by atoms with van der Waals surface area (Å²) >= 11 is 0. The Morgan fingerprint density at radius 3 is 0.614 bits per heavy atom. The Morgan fingerprint density at radius 1 is 0.271 bits per heavy atom. The lowest BCUT2D eigenvalue weighted by atomic mass is 10.1. The minimum absolute atomic E-state index is 0. The molecule has 428 valence electrons. The molecule has 0 aromatic rings. The molecule has 70 heavy (non-hydrogen) atoms. The maximum atomic E-state index is 11.6. The normalized spacial score (nSPS) is 11.4. The molecule has 0 aromatic carbocycles. The van der Waals surface area contributed by atoms with Crippen molar-refractivity contribution in [2.24, 2.45) is 5.92 Å². The molecule has 0 spiro atoms. The van der Waals surface area contributed by atoms with E-state index in [0.717, 1.165) is 51.4 Å². The second kappa shape index (κ2) is 72.0. The summed E-state index contributed by atoms with van der Waals surface area (Å²) in [5.41, 5.74) is 0. The first-order valence-electron chi connectivity index (χ1n) is 24.6. The molecular weight excluding hydrogens is 917 g/mol. The fourth-order valence-electron chi connectivity index (χ4n) is 5.06. The van der Waals surface area contributed by atoms with Crippen molar-refractivity contribution in [1.29, 1.82) is 0 Å². The second-order valence-electron chi connectivity index (χ2n) is 14.7. The fraction of sp³-hybridized carbons (Fsp3) is 0.980. The van der Waals surface area contributed by atoms with Crippen LogP contribution in [-0.2, 0) is 90.1 Å². The summed E-state index contributed by atoms with van der Waals surface area (Å²) in [6, 6.07) is 0. The number of hydrogen-bond donors (Lipinski definition) is 0. The smallest absolute Gasteiger partial charge is 0.308 e. The van der Waals surface area contributed by atoms with Gasteiger partial charge in [-0.1, -0.05) is 43.6 Å². The fourth-order valence-corrected chi connectivity index (χ4v) is 5.06. The van der Waals surface area contributed by atoms with E-state index in [4.69, 9.17) is 85.3 Å². The Hall–Kier alpha value is -1.21. The highest BCUT2D eigenvalue weighted by Gasteiger charge is 2.11. The van der Waals surface area contributed by atoms with Gasteiger partial charge in [-0.15, -0.1) is 0 Å². The molecule has 0 amide bonds. The topological polar surface area (TPSA) is 183 Å². The molecule has 19 nitrogen and oxygen atoms in total. The number of ether oxygens (including phenoxy) is 18. The van der Waals surface area contributed by atoms with Crippen molar-refractivity contribution >= 4 is 5.97 Å². The molecule has 0 aliphatic rings. The summed E-state index contributed by atoms with van der Waals surface area (Å²) in [7, 11) is 1.65. The van der Waals surface area contributed by atoms with Crippen LogP contribution >= 0.6 is 0 Å². The van der Waals surface area contributed by atoms with E-state index in [1.807, 2.05) is 13.8 Å². The largest absolute Gasteiger partial charge is 0.465 e. The van der Waals surface area contributed by atoms with Gasteiger partial charge in [0, 0.05) is 99.4 Å².